The molecule has 4 nitrogen and oxygen atoms in total. The Labute approximate surface area is 159 Å². The predicted molar refractivity (Wildman–Crippen MR) is 103 cm³/mol. The average Bonchev–Trinajstić information content (AvgIpc) is 2.65. The molecule has 27 heavy (non-hydrogen) atoms. The summed E-state index contributed by atoms with van der Waals surface area (Å²) in [5, 5.41) is 10.5. The van der Waals surface area contributed by atoms with Gasteiger partial charge in [0, 0.05) is 38.4 Å². The lowest BCUT2D eigenvalue weighted by molar-refractivity contribution is -0.0498. The molecule has 0 aliphatic carbocycles. The lowest BCUT2D eigenvalue weighted by Gasteiger charge is -2.37. The molecule has 3 rings (SSSR count). The Morgan fingerprint density at radius 1 is 1.00 bits per heavy atom. The van der Waals surface area contributed by atoms with Gasteiger partial charge in [-0.05, 0) is 48.7 Å². The molecule has 0 spiro atoms. The highest BCUT2D eigenvalue weighted by atomic mass is 19.3. The van der Waals surface area contributed by atoms with Crippen LogP contribution in [0.5, 0.6) is 5.75 Å². The van der Waals surface area contributed by atoms with E-state index >= 15 is 0 Å². The van der Waals surface area contributed by atoms with Gasteiger partial charge in [0.25, 0.3) is 0 Å². The van der Waals surface area contributed by atoms with Crippen LogP contribution in [0.4, 0.5) is 14.5 Å². The van der Waals surface area contributed by atoms with E-state index in [9.17, 15) is 13.9 Å². The summed E-state index contributed by atoms with van der Waals surface area (Å²) in [6.07, 6.45) is -0.655. The number of β-amino-alcohol motifs (C(OH)–C–C–N with tert-alkyl or cyclic N) is 1. The first-order valence-corrected chi connectivity index (χ1v) is 9.20. The van der Waals surface area contributed by atoms with Gasteiger partial charge in [0.1, 0.15) is 5.75 Å². The molecule has 146 valence electrons. The van der Waals surface area contributed by atoms with Crippen molar-refractivity contribution in [1.82, 2.24) is 4.90 Å². The van der Waals surface area contributed by atoms with E-state index in [4.69, 9.17) is 0 Å². The van der Waals surface area contributed by atoms with Crippen molar-refractivity contribution in [1.29, 1.82) is 0 Å². The minimum atomic E-state index is -2.84. The van der Waals surface area contributed by atoms with Crippen molar-refractivity contribution in [3.05, 3.63) is 59.2 Å². The van der Waals surface area contributed by atoms with E-state index in [1.165, 1.54) is 28.9 Å². The van der Waals surface area contributed by atoms with E-state index in [2.05, 4.69) is 46.6 Å². The summed E-state index contributed by atoms with van der Waals surface area (Å²) in [6.45, 7) is 5.54. The molecule has 2 aromatic carbocycles. The van der Waals surface area contributed by atoms with Crippen molar-refractivity contribution in [3.63, 3.8) is 0 Å². The van der Waals surface area contributed by atoms with Crippen molar-refractivity contribution in [2.45, 2.75) is 26.6 Å². The lowest BCUT2D eigenvalue weighted by atomic mass is 10.1. The molecule has 0 saturated carbocycles. The molecule has 0 bridgehead atoms. The van der Waals surface area contributed by atoms with Gasteiger partial charge in [-0.25, -0.2) is 0 Å². The van der Waals surface area contributed by atoms with E-state index < -0.39 is 12.7 Å². The third kappa shape index (κ3) is 4.96. The minimum absolute atomic E-state index is 0.100. The summed E-state index contributed by atoms with van der Waals surface area (Å²) in [4.78, 5) is 4.62. The molecule has 0 radical (unpaired) electrons. The van der Waals surface area contributed by atoms with Crippen molar-refractivity contribution in [3.8, 4) is 5.75 Å². The second-order valence-electron chi connectivity index (χ2n) is 6.97. The zero-order valence-electron chi connectivity index (χ0n) is 15.7. The summed E-state index contributed by atoms with van der Waals surface area (Å²) in [7, 11) is 0. The SMILES string of the molecule is Cc1cccc(N2CCN(CC(O)c3ccc(OC(F)F)cc3)CC2)c1C. The number of ether oxygens (including phenoxy) is 1. The second-order valence-corrected chi connectivity index (χ2v) is 6.97. The Hall–Kier alpha value is -2.18. The van der Waals surface area contributed by atoms with Gasteiger partial charge in [-0.3, -0.25) is 4.90 Å². The highest BCUT2D eigenvalue weighted by molar-refractivity contribution is 5.56. The van der Waals surface area contributed by atoms with E-state index in [1.807, 2.05) is 0 Å². The fraction of sp³-hybridized carbons (Fsp3) is 0.429. The maximum absolute atomic E-state index is 12.2. The molecule has 1 atom stereocenters. The highest BCUT2D eigenvalue weighted by Gasteiger charge is 2.21. The average molecular weight is 376 g/mol. The molecule has 1 saturated heterocycles. The standard InChI is InChI=1S/C21H26F2N2O2/c1-15-4-3-5-19(16(15)2)25-12-10-24(11-13-25)14-20(26)17-6-8-18(9-7-17)27-21(22)23/h3-9,20-21,26H,10-14H2,1-2H3. The van der Waals surface area contributed by atoms with Crippen LogP contribution in [0.3, 0.4) is 0 Å². The molecule has 6 heteroatoms. The largest absolute Gasteiger partial charge is 0.435 e. The number of hydrogen-bond acceptors (Lipinski definition) is 4. The molecule has 0 amide bonds. The van der Waals surface area contributed by atoms with Gasteiger partial charge in [0.05, 0.1) is 6.10 Å². The molecule has 1 aliphatic heterocycles. The number of nitrogens with zero attached hydrogens (tertiary/aromatic N) is 2. The Kier molecular flexibility index (Phi) is 6.29. The van der Waals surface area contributed by atoms with Crippen molar-refractivity contribution in [2.75, 3.05) is 37.6 Å². The lowest BCUT2D eigenvalue weighted by Crippen LogP contribution is -2.47. The summed E-state index contributed by atoms with van der Waals surface area (Å²) in [6, 6.07) is 12.6. The van der Waals surface area contributed by atoms with E-state index in [0.29, 0.717) is 12.1 Å². The van der Waals surface area contributed by atoms with Crippen molar-refractivity contribution < 1.29 is 18.6 Å². The number of benzene rings is 2. The topological polar surface area (TPSA) is 35.9 Å². The smallest absolute Gasteiger partial charge is 0.387 e. The molecule has 1 fully saturated rings. The molecular weight excluding hydrogens is 350 g/mol. The van der Waals surface area contributed by atoms with Crippen LogP contribution in [-0.4, -0.2) is 49.3 Å². The van der Waals surface area contributed by atoms with Gasteiger partial charge in [-0.2, -0.15) is 8.78 Å². The molecule has 2 aromatic rings. The quantitative estimate of drug-likeness (QED) is 0.833. The summed E-state index contributed by atoms with van der Waals surface area (Å²) in [5.74, 6) is 0.100. The second kappa shape index (κ2) is 8.67. The molecule has 1 unspecified atom stereocenters. The van der Waals surface area contributed by atoms with Gasteiger partial charge in [-0.15, -0.1) is 0 Å². The van der Waals surface area contributed by atoms with Crippen LogP contribution < -0.4 is 9.64 Å². The number of rotatable bonds is 6. The number of aliphatic hydroxyl groups is 1. The van der Waals surface area contributed by atoms with Crippen LogP contribution >= 0.6 is 0 Å². The van der Waals surface area contributed by atoms with E-state index in [0.717, 1.165) is 26.2 Å². The third-order valence-electron chi connectivity index (χ3n) is 5.21. The molecule has 1 aliphatic rings. The first kappa shape index (κ1) is 19.6. The van der Waals surface area contributed by atoms with Crippen LogP contribution in [0, 0.1) is 13.8 Å². The monoisotopic (exact) mass is 376 g/mol. The predicted octanol–water partition coefficient (Wildman–Crippen LogP) is 3.76. The zero-order valence-corrected chi connectivity index (χ0v) is 15.7. The fourth-order valence-electron chi connectivity index (χ4n) is 3.47. The van der Waals surface area contributed by atoms with Crippen LogP contribution in [-0.2, 0) is 0 Å². The van der Waals surface area contributed by atoms with Gasteiger partial charge in [0.2, 0.25) is 0 Å². The number of aryl methyl sites for hydroxylation is 1. The van der Waals surface area contributed by atoms with Crippen molar-refractivity contribution >= 4 is 5.69 Å². The van der Waals surface area contributed by atoms with Crippen LogP contribution in [0.2, 0.25) is 0 Å². The molecule has 1 heterocycles. The molecular formula is C21H26F2N2O2. The first-order chi connectivity index (χ1) is 12.9. The zero-order chi connectivity index (χ0) is 19.4. The van der Waals surface area contributed by atoms with Crippen molar-refractivity contribution in [2.24, 2.45) is 0 Å². The Bertz CT molecular complexity index is 744. The number of alkyl halides is 2. The number of halogens is 2. The van der Waals surface area contributed by atoms with Gasteiger partial charge >= 0.3 is 6.61 Å². The number of anilines is 1. The van der Waals surface area contributed by atoms with Gasteiger partial charge in [0.15, 0.2) is 0 Å². The number of piperazine rings is 1. The van der Waals surface area contributed by atoms with E-state index in [1.54, 1.807) is 12.1 Å². The molecule has 0 aromatic heterocycles. The van der Waals surface area contributed by atoms with E-state index in [-0.39, 0.29) is 5.75 Å². The van der Waals surface area contributed by atoms with Crippen LogP contribution in [0.25, 0.3) is 0 Å². The maximum Gasteiger partial charge on any atom is 0.387 e. The normalized spacial score (nSPS) is 16.6. The highest BCUT2D eigenvalue weighted by Crippen LogP contribution is 2.25. The molecule has 1 N–H and O–H groups in total. The van der Waals surface area contributed by atoms with Gasteiger partial charge in [-0.1, -0.05) is 24.3 Å². The number of hydrogen-bond donors (Lipinski definition) is 1. The summed E-state index contributed by atoms with van der Waals surface area (Å²) < 4.78 is 28.8. The van der Waals surface area contributed by atoms with Crippen LogP contribution in [0.15, 0.2) is 42.5 Å². The number of aliphatic hydroxyl groups excluding tert-OH is 1. The third-order valence-corrected chi connectivity index (χ3v) is 5.21. The van der Waals surface area contributed by atoms with Crippen LogP contribution in [0.1, 0.15) is 22.8 Å². The Morgan fingerprint density at radius 3 is 2.30 bits per heavy atom. The minimum Gasteiger partial charge on any atom is -0.435 e. The fourth-order valence-corrected chi connectivity index (χ4v) is 3.47. The summed E-state index contributed by atoms with van der Waals surface area (Å²) in [5.41, 5.74) is 4.60. The Morgan fingerprint density at radius 2 is 1.67 bits per heavy atom. The Balaban J connectivity index is 1.53. The first-order valence-electron chi connectivity index (χ1n) is 9.20. The maximum atomic E-state index is 12.2. The summed E-state index contributed by atoms with van der Waals surface area (Å²) >= 11 is 0. The van der Waals surface area contributed by atoms with Gasteiger partial charge < -0.3 is 14.7 Å².